The summed E-state index contributed by atoms with van der Waals surface area (Å²) in [7, 11) is -3.55. The molecule has 1 heterocycles. The second kappa shape index (κ2) is 9.41. The predicted molar refractivity (Wildman–Crippen MR) is 111 cm³/mol. The predicted octanol–water partition coefficient (Wildman–Crippen LogP) is 2.19. The van der Waals surface area contributed by atoms with Gasteiger partial charge in [0.25, 0.3) is 0 Å². The highest BCUT2D eigenvalue weighted by molar-refractivity contribution is 7.89. The lowest BCUT2D eigenvalue weighted by atomic mass is 10.2. The van der Waals surface area contributed by atoms with E-state index in [9.17, 15) is 13.6 Å². The minimum atomic E-state index is -3.55. The fourth-order valence-corrected chi connectivity index (χ4v) is 4.63. The number of nitrogens with one attached hydrogen (secondary N) is 1. The van der Waals surface area contributed by atoms with Crippen molar-refractivity contribution in [2.24, 2.45) is 0 Å². The Morgan fingerprint density at radius 1 is 1.04 bits per heavy atom. The van der Waals surface area contributed by atoms with Gasteiger partial charge < -0.3 is 10.1 Å². The fourth-order valence-electron chi connectivity index (χ4n) is 3.00. The van der Waals surface area contributed by atoms with Crippen molar-refractivity contribution in [2.45, 2.75) is 6.04 Å². The van der Waals surface area contributed by atoms with Crippen LogP contribution in [-0.4, -0.2) is 55.9 Å². The van der Waals surface area contributed by atoms with Gasteiger partial charge in [-0.1, -0.05) is 41.6 Å². The number of sulfonamides is 1. The van der Waals surface area contributed by atoms with E-state index in [1.54, 1.807) is 0 Å². The third-order valence-corrected chi connectivity index (χ3v) is 6.68. The van der Waals surface area contributed by atoms with Crippen molar-refractivity contribution in [3.63, 3.8) is 0 Å². The zero-order chi connectivity index (χ0) is 20.0. The van der Waals surface area contributed by atoms with Crippen LogP contribution in [0.4, 0.5) is 5.69 Å². The van der Waals surface area contributed by atoms with E-state index in [-0.39, 0.29) is 5.75 Å². The maximum absolute atomic E-state index is 12.7. The molecule has 148 valence electrons. The molecule has 1 aliphatic heterocycles. The number of anilines is 1. The Bertz CT molecular complexity index is 932. The van der Waals surface area contributed by atoms with Crippen LogP contribution in [0.3, 0.4) is 0 Å². The molecule has 2 aromatic rings. The lowest BCUT2D eigenvalue weighted by molar-refractivity contribution is 0.153. The number of piperazine rings is 1. The molecule has 1 aliphatic rings. The molecule has 0 amide bonds. The molecule has 1 atom stereocenters. The van der Waals surface area contributed by atoms with Crippen molar-refractivity contribution in [1.29, 1.82) is 0 Å². The first kappa shape index (κ1) is 20.6. The van der Waals surface area contributed by atoms with E-state index in [0.717, 1.165) is 11.3 Å². The summed E-state index contributed by atoms with van der Waals surface area (Å²) >= 11 is 5.92. The molecule has 28 heavy (non-hydrogen) atoms. The Morgan fingerprint density at radius 2 is 1.68 bits per heavy atom. The highest BCUT2D eigenvalue weighted by atomic mass is 35.5. The first-order chi connectivity index (χ1) is 13.5. The maximum atomic E-state index is 12.7. The normalized spacial score (nSPS) is 16.3. The van der Waals surface area contributed by atoms with E-state index in [1.807, 2.05) is 60.1 Å². The Kier molecular flexibility index (Phi) is 6.94. The van der Waals surface area contributed by atoms with Crippen molar-refractivity contribution >= 4 is 27.3 Å². The number of hydroxylamine groups is 1. The summed E-state index contributed by atoms with van der Waals surface area (Å²) in [5.41, 5.74) is 3.78. The molecular weight excluding hydrogens is 398 g/mol. The molecule has 0 spiro atoms. The average molecular weight is 420 g/mol. The summed E-state index contributed by atoms with van der Waals surface area (Å²) < 4.78 is 26.9. The van der Waals surface area contributed by atoms with Crippen LogP contribution >= 0.6 is 11.6 Å². The topological polar surface area (TPSA) is 72.9 Å². The maximum Gasteiger partial charge on any atom is 0.216 e. The van der Waals surface area contributed by atoms with E-state index in [2.05, 4.69) is 16.7 Å². The SMILES string of the molecule is O=S(=O)(CC(C#Cc1ccccc1)NO)N1CCN(c2ccc(Cl)cc2)CC1. The zero-order valence-corrected chi connectivity index (χ0v) is 16.8. The number of hydrogen-bond donors (Lipinski definition) is 2. The summed E-state index contributed by atoms with van der Waals surface area (Å²) in [5, 5.41) is 9.99. The molecule has 0 bridgehead atoms. The van der Waals surface area contributed by atoms with E-state index < -0.39 is 16.1 Å². The van der Waals surface area contributed by atoms with Crippen molar-refractivity contribution in [2.75, 3.05) is 36.8 Å². The fraction of sp³-hybridized carbons (Fsp3) is 0.300. The van der Waals surface area contributed by atoms with Gasteiger partial charge >= 0.3 is 0 Å². The van der Waals surface area contributed by atoms with Gasteiger partial charge in [0.1, 0.15) is 6.04 Å². The van der Waals surface area contributed by atoms with Crippen LogP contribution in [-0.2, 0) is 10.0 Å². The number of benzene rings is 2. The Labute approximate surface area is 170 Å². The molecule has 2 aromatic carbocycles. The van der Waals surface area contributed by atoms with Gasteiger partial charge in [0.2, 0.25) is 10.0 Å². The smallest absolute Gasteiger partial charge is 0.216 e. The highest BCUT2D eigenvalue weighted by Gasteiger charge is 2.29. The summed E-state index contributed by atoms with van der Waals surface area (Å²) in [6.07, 6.45) is 0. The van der Waals surface area contributed by atoms with Crippen molar-refractivity contribution in [3.05, 3.63) is 65.2 Å². The van der Waals surface area contributed by atoms with Crippen molar-refractivity contribution in [1.82, 2.24) is 9.79 Å². The molecule has 0 aliphatic carbocycles. The van der Waals surface area contributed by atoms with Gasteiger partial charge in [-0.3, -0.25) is 0 Å². The van der Waals surface area contributed by atoms with E-state index in [1.165, 1.54) is 4.31 Å². The third-order valence-electron chi connectivity index (χ3n) is 4.52. The molecule has 0 saturated carbocycles. The van der Waals surface area contributed by atoms with Crippen LogP contribution in [0.25, 0.3) is 0 Å². The summed E-state index contributed by atoms with van der Waals surface area (Å²) in [5.74, 6) is 5.37. The highest BCUT2D eigenvalue weighted by Crippen LogP contribution is 2.20. The zero-order valence-electron chi connectivity index (χ0n) is 15.3. The van der Waals surface area contributed by atoms with E-state index in [0.29, 0.717) is 31.2 Å². The number of hydrogen-bond acceptors (Lipinski definition) is 5. The largest absolute Gasteiger partial charge is 0.369 e. The van der Waals surface area contributed by atoms with Gasteiger partial charge in [0.05, 0.1) is 5.75 Å². The van der Waals surface area contributed by atoms with Crippen molar-refractivity contribution in [3.8, 4) is 11.8 Å². The lowest BCUT2D eigenvalue weighted by Gasteiger charge is -2.35. The minimum absolute atomic E-state index is 0.287. The van der Waals surface area contributed by atoms with Gasteiger partial charge in [-0.05, 0) is 36.4 Å². The molecule has 1 unspecified atom stereocenters. The molecule has 0 radical (unpaired) electrons. The Hall–Kier alpha value is -2.08. The van der Waals surface area contributed by atoms with Gasteiger partial charge in [-0.2, -0.15) is 9.79 Å². The molecule has 3 rings (SSSR count). The molecular formula is C20H22ClN3O3S. The van der Waals surface area contributed by atoms with Gasteiger partial charge in [0, 0.05) is 42.5 Å². The quantitative estimate of drug-likeness (QED) is 0.574. The summed E-state index contributed by atoms with van der Waals surface area (Å²) in [6.45, 7) is 1.95. The number of rotatable bonds is 5. The summed E-state index contributed by atoms with van der Waals surface area (Å²) in [6, 6.07) is 15.9. The summed E-state index contributed by atoms with van der Waals surface area (Å²) in [4.78, 5) is 2.12. The number of halogens is 1. The Morgan fingerprint density at radius 3 is 2.29 bits per heavy atom. The monoisotopic (exact) mass is 419 g/mol. The molecule has 2 N–H and O–H groups in total. The molecule has 1 fully saturated rings. The standard InChI is InChI=1S/C20H22ClN3O3S/c21-18-7-10-20(11-8-18)23-12-14-24(15-13-23)28(26,27)16-19(22-25)9-6-17-4-2-1-3-5-17/h1-5,7-8,10-11,19,22,25H,12-16H2. The van der Waals surface area contributed by atoms with Gasteiger partial charge in [-0.15, -0.1) is 0 Å². The number of nitrogens with zero attached hydrogens (tertiary/aromatic N) is 2. The lowest BCUT2D eigenvalue weighted by Crippen LogP contribution is -2.51. The van der Waals surface area contributed by atoms with Crippen LogP contribution in [0.1, 0.15) is 5.56 Å². The van der Waals surface area contributed by atoms with E-state index in [4.69, 9.17) is 11.6 Å². The van der Waals surface area contributed by atoms with E-state index >= 15 is 0 Å². The second-order valence-electron chi connectivity index (χ2n) is 6.46. The first-order valence-corrected chi connectivity index (χ1v) is 10.9. The van der Waals surface area contributed by atoms with Gasteiger partial charge in [0.15, 0.2) is 0 Å². The average Bonchev–Trinajstić information content (AvgIpc) is 2.72. The van der Waals surface area contributed by atoms with Crippen molar-refractivity contribution < 1.29 is 13.6 Å². The van der Waals surface area contributed by atoms with Gasteiger partial charge in [-0.25, -0.2) is 8.42 Å². The van der Waals surface area contributed by atoms with Crippen LogP contribution < -0.4 is 10.4 Å². The third kappa shape index (κ3) is 5.47. The minimum Gasteiger partial charge on any atom is -0.369 e. The second-order valence-corrected chi connectivity index (χ2v) is 8.91. The molecule has 1 saturated heterocycles. The van der Waals surface area contributed by atoms with Crippen LogP contribution in [0, 0.1) is 11.8 Å². The Balaban J connectivity index is 1.60. The van der Waals surface area contributed by atoms with Crippen LogP contribution in [0.5, 0.6) is 0 Å². The first-order valence-electron chi connectivity index (χ1n) is 8.92. The molecule has 8 heteroatoms. The van der Waals surface area contributed by atoms with Crippen LogP contribution in [0.15, 0.2) is 54.6 Å². The van der Waals surface area contributed by atoms with Crippen LogP contribution in [0.2, 0.25) is 5.02 Å². The molecule has 0 aromatic heterocycles. The molecule has 6 nitrogen and oxygen atoms in total.